The number of fused-ring (bicyclic) bond motifs is 1. The SMILES string of the molecule is COCCn1c(C)c(C)c2nccc(OCc3ccc(F)cc3)c21.O=S(=O)(O)c1ccccc1. The number of benzene rings is 2. The number of aromatic nitrogens is 2. The van der Waals surface area contributed by atoms with E-state index in [0.29, 0.717) is 13.2 Å². The summed E-state index contributed by atoms with van der Waals surface area (Å²) in [5.74, 6) is 0.529. The molecule has 1 N–H and O–H groups in total. The fraction of sp³-hybridized carbons (Fsp3) is 0.240. The summed E-state index contributed by atoms with van der Waals surface area (Å²) in [4.78, 5) is 4.43. The smallest absolute Gasteiger partial charge is 0.294 e. The molecule has 4 aromatic rings. The van der Waals surface area contributed by atoms with E-state index in [4.69, 9.17) is 14.0 Å². The largest absolute Gasteiger partial charge is 0.487 e. The lowest BCUT2D eigenvalue weighted by Crippen LogP contribution is -2.07. The molecule has 0 spiro atoms. The summed E-state index contributed by atoms with van der Waals surface area (Å²) in [5, 5.41) is 0. The average molecular weight is 487 g/mol. The van der Waals surface area contributed by atoms with Crippen LogP contribution in [0.4, 0.5) is 4.39 Å². The molecule has 2 aromatic heterocycles. The first-order valence-electron chi connectivity index (χ1n) is 10.6. The Morgan fingerprint density at radius 2 is 1.71 bits per heavy atom. The second-order valence-corrected chi connectivity index (χ2v) is 8.99. The molecule has 7 nitrogen and oxygen atoms in total. The van der Waals surface area contributed by atoms with Crippen molar-refractivity contribution in [3.8, 4) is 5.75 Å². The highest BCUT2D eigenvalue weighted by atomic mass is 32.2. The third-order valence-electron chi connectivity index (χ3n) is 5.33. The predicted molar refractivity (Wildman–Crippen MR) is 128 cm³/mol. The molecule has 0 unspecified atom stereocenters. The van der Waals surface area contributed by atoms with E-state index in [2.05, 4.69) is 23.4 Å². The standard InChI is InChI=1S/C19H21FN2O2.C6H6O3S/c1-13-14(2)22(10-11-23-3)19-17(8-9-21-18(13)19)24-12-15-4-6-16(20)7-5-15;7-10(8,9)6-4-2-1-3-5-6/h4-9H,10-12H2,1-3H3;1-5H,(H,7,8,9). The van der Waals surface area contributed by atoms with Crippen LogP contribution in [0.25, 0.3) is 11.0 Å². The van der Waals surface area contributed by atoms with Crippen molar-refractivity contribution in [2.24, 2.45) is 0 Å². The fourth-order valence-corrected chi connectivity index (χ4v) is 3.93. The van der Waals surface area contributed by atoms with Crippen molar-refractivity contribution in [2.45, 2.75) is 31.9 Å². The number of aryl methyl sites for hydroxylation is 1. The first kappa shape index (κ1) is 25.4. The summed E-state index contributed by atoms with van der Waals surface area (Å²) in [5.41, 5.74) is 5.15. The number of nitrogens with zero attached hydrogens (tertiary/aromatic N) is 2. The van der Waals surface area contributed by atoms with Gasteiger partial charge in [0.25, 0.3) is 10.1 Å². The van der Waals surface area contributed by atoms with E-state index >= 15 is 0 Å². The highest BCUT2D eigenvalue weighted by Crippen LogP contribution is 2.31. The molecule has 0 aliphatic heterocycles. The summed E-state index contributed by atoms with van der Waals surface area (Å²) < 4.78 is 55.7. The van der Waals surface area contributed by atoms with Gasteiger partial charge >= 0.3 is 0 Å². The summed E-state index contributed by atoms with van der Waals surface area (Å²) in [7, 11) is -2.31. The van der Waals surface area contributed by atoms with Crippen molar-refractivity contribution < 1.29 is 26.8 Å². The molecule has 180 valence electrons. The van der Waals surface area contributed by atoms with Gasteiger partial charge in [0.1, 0.15) is 23.7 Å². The zero-order valence-electron chi connectivity index (χ0n) is 19.2. The van der Waals surface area contributed by atoms with Gasteiger partial charge in [-0.15, -0.1) is 0 Å². The molecule has 4 rings (SSSR count). The van der Waals surface area contributed by atoms with Crippen LogP contribution in [0.15, 0.2) is 71.8 Å². The first-order chi connectivity index (χ1) is 16.2. The average Bonchev–Trinajstić information content (AvgIpc) is 3.08. The van der Waals surface area contributed by atoms with Crippen molar-refractivity contribution in [1.29, 1.82) is 0 Å². The normalized spacial score (nSPS) is 11.2. The lowest BCUT2D eigenvalue weighted by molar-refractivity contribution is 0.187. The lowest BCUT2D eigenvalue weighted by Gasteiger charge is -2.12. The highest BCUT2D eigenvalue weighted by Gasteiger charge is 2.16. The van der Waals surface area contributed by atoms with Crippen LogP contribution in [0, 0.1) is 19.7 Å². The number of ether oxygens (including phenoxy) is 2. The van der Waals surface area contributed by atoms with Crippen LogP contribution < -0.4 is 4.74 Å². The number of halogens is 1. The van der Waals surface area contributed by atoms with E-state index < -0.39 is 10.1 Å². The summed E-state index contributed by atoms with van der Waals surface area (Å²) in [6.45, 7) is 5.89. The van der Waals surface area contributed by atoms with E-state index in [0.717, 1.165) is 40.1 Å². The van der Waals surface area contributed by atoms with Crippen LogP contribution in [-0.4, -0.2) is 36.2 Å². The Balaban J connectivity index is 0.000000271. The molecule has 0 fully saturated rings. The van der Waals surface area contributed by atoms with Crippen LogP contribution in [-0.2, 0) is 28.0 Å². The van der Waals surface area contributed by atoms with Gasteiger partial charge in [-0.25, -0.2) is 4.39 Å². The maximum Gasteiger partial charge on any atom is 0.294 e. The first-order valence-corrected chi connectivity index (χ1v) is 12.0. The second-order valence-electron chi connectivity index (χ2n) is 7.56. The van der Waals surface area contributed by atoms with E-state index in [1.165, 1.54) is 24.3 Å². The van der Waals surface area contributed by atoms with E-state index in [1.807, 2.05) is 6.07 Å². The molecule has 0 aliphatic rings. The highest BCUT2D eigenvalue weighted by molar-refractivity contribution is 7.85. The summed E-state index contributed by atoms with van der Waals surface area (Å²) in [6.07, 6.45) is 1.76. The minimum Gasteiger partial charge on any atom is -0.487 e. The van der Waals surface area contributed by atoms with Crippen LogP contribution >= 0.6 is 0 Å². The van der Waals surface area contributed by atoms with Crippen LogP contribution in [0.2, 0.25) is 0 Å². The molecule has 0 bridgehead atoms. The Bertz CT molecular complexity index is 1340. The fourth-order valence-electron chi connectivity index (χ4n) is 3.43. The topological polar surface area (TPSA) is 90.7 Å². The van der Waals surface area contributed by atoms with Gasteiger partial charge in [-0.2, -0.15) is 8.42 Å². The predicted octanol–water partition coefficient (Wildman–Crippen LogP) is 4.95. The minimum absolute atomic E-state index is 0.0741. The van der Waals surface area contributed by atoms with Crippen molar-refractivity contribution in [3.05, 3.63) is 89.5 Å². The van der Waals surface area contributed by atoms with Crippen molar-refractivity contribution in [2.75, 3.05) is 13.7 Å². The number of hydrogen-bond donors (Lipinski definition) is 1. The molecule has 0 atom stereocenters. The Morgan fingerprint density at radius 1 is 1.03 bits per heavy atom. The van der Waals surface area contributed by atoms with Gasteiger partial charge in [-0.1, -0.05) is 30.3 Å². The Hall–Kier alpha value is -3.27. The molecule has 0 saturated carbocycles. The van der Waals surface area contributed by atoms with Crippen LogP contribution in [0.1, 0.15) is 16.8 Å². The van der Waals surface area contributed by atoms with Gasteiger partial charge in [-0.3, -0.25) is 9.54 Å². The third-order valence-corrected chi connectivity index (χ3v) is 6.20. The third kappa shape index (κ3) is 6.19. The van der Waals surface area contributed by atoms with Crippen LogP contribution in [0.3, 0.4) is 0 Å². The molecule has 34 heavy (non-hydrogen) atoms. The zero-order chi connectivity index (χ0) is 24.7. The summed E-state index contributed by atoms with van der Waals surface area (Å²) in [6, 6.07) is 15.6. The van der Waals surface area contributed by atoms with E-state index in [1.54, 1.807) is 43.6 Å². The molecule has 0 saturated heterocycles. The molecular weight excluding hydrogens is 459 g/mol. The monoisotopic (exact) mass is 486 g/mol. The molecular formula is C25H27FN2O5S. The van der Waals surface area contributed by atoms with Crippen molar-refractivity contribution in [1.82, 2.24) is 9.55 Å². The number of pyridine rings is 1. The number of hydrogen-bond acceptors (Lipinski definition) is 5. The Morgan fingerprint density at radius 3 is 2.29 bits per heavy atom. The maximum atomic E-state index is 13.0. The van der Waals surface area contributed by atoms with Gasteiger partial charge in [0.15, 0.2) is 0 Å². The Labute approximate surface area is 198 Å². The van der Waals surface area contributed by atoms with Gasteiger partial charge in [-0.05, 0) is 49.2 Å². The minimum atomic E-state index is -4.00. The molecule has 0 amide bonds. The molecule has 9 heteroatoms. The van der Waals surface area contributed by atoms with Gasteiger partial charge in [0.2, 0.25) is 0 Å². The molecule has 2 aromatic carbocycles. The number of rotatable bonds is 7. The Kier molecular flexibility index (Phi) is 8.38. The van der Waals surface area contributed by atoms with E-state index in [-0.39, 0.29) is 10.7 Å². The van der Waals surface area contributed by atoms with Gasteiger partial charge in [0.05, 0.1) is 17.0 Å². The molecule has 0 aliphatic carbocycles. The van der Waals surface area contributed by atoms with Crippen molar-refractivity contribution in [3.63, 3.8) is 0 Å². The zero-order valence-corrected chi connectivity index (χ0v) is 20.0. The molecule has 0 radical (unpaired) electrons. The van der Waals surface area contributed by atoms with E-state index in [9.17, 15) is 12.8 Å². The van der Waals surface area contributed by atoms with Crippen molar-refractivity contribution >= 4 is 21.2 Å². The quantitative estimate of drug-likeness (QED) is 0.372. The van der Waals surface area contributed by atoms with Gasteiger partial charge < -0.3 is 14.0 Å². The molecule has 2 heterocycles. The summed E-state index contributed by atoms with van der Waals surface area (Å²) >= 11 is 0. The maximum absolute atomic E-state index is 13.0. The number of methoxy groups -OCH3 is 1. The second kappa shape index (κ2) is 11.2. The van der Waals surface area contributed by atoms with Gasteiger partial charge in [0, 0.05) is 31.6 Å². The van der Waals surface area contributed by atoms with Crippen LogP contribution in [0.5, 0.6) is 5.75 Å². The lowest BCUT2D eigenvalue weighted by atomic mass is 10.2.